The summed E-state index contributed by atoms with van der Waals surface area (Å²) in [6.07, 6.45) is 4.61. The lowest BCUT2D eigenvalue weighted by molar-refractivity contribution is 0.131. The van der Waals surface area contributed by atoms with E-state index in [2.05, 4.69) is 15.3 Å². The number of rotatable bonds is 2. The number of aromatic nitrogens is 2. The molecule has 6 nitrogen and oxygen atoms in total. The molecule has 0 spiro atoms. The second-order valence-corrected chi connectivity index (χ2v) is 6.41. The fraction of sp³-hybridized carbons (Fsp3) is 0.583. The van der Waals surface area contributed by atoms with Crippen LogP contribution in [-0.2, 0) is 4.74 Å². The monoisotopic (exact) mass is 282 g/mol. The summed E-state index contributed by atoms with van der Waals surface area (Å²) in [5.41, 5.74) is -0.463. The molecular weight excluding hydrogens is 264 g/mol. The Morgan fingerprint density at radius 2 is 2.32 bits per heavy atom. The van der Waals surface area contributed by atoms with Crippen LogP contribution in [0.15, 0.2) is 18.6 Å². The first-order valence-corrected chi connectivity index (χ1v) is 7.10. The van der Waals surface area contributed by atoms with E-state index in [1.54, 1.807) is 30.4 Å². The Kier molecular flexibility index (Phi) is 4.14. The largest absolute Gasteiger partial charge is 0.433 e. The zero-order valence-corrected chi connectivity index (χ0v) is 12.1. The molecule has 1 atom stereocenters. The number of carbonyl (C=O) groups is 1. The van der Waals surface area contributed by atoms with E-state index in [1.165, 1.54) is 0 Å². The molecule has 0 saturated carbocycles. The Hall–Kier alpha value is -1.50. The molecule has 0 aliphatic carbocycles. The highest BCUT2D eigenvalue weighted by Gasteiger charge is 2.28. The zero-order chi connectivity index (χ0) is 13.9. The summed E-state index contributed by atoms with van der Waals surface area (Å²) in [6.45, 7) is 6.38. The average molecular weight is 282 g/mol. The van der Waals surface area contributed by atoms with Crippen LogP contribution >= 0.6 is 11.8 Å². The highest BCUT2D eigenvalue weighted by atomic mass is 32.2. The minimum Gasteiger partial charge on any atom is -0.433 e. The van der Waals surface area contributed by atoms with Crippen molar-refractivity contribution in [2.45, 2.75) is 31.7 Å². The molecule has 1 amide bonds. The van der Waals surface area contributed by atoms with Gasteiger partial charge in [-0.2, -0.15) is 0 Å². The Morgan fingerprint density at radius 1 is 1.53 bits per heavy atom. The lowest BCUT2D eigenvalue weighted by Crippen LogP contribution is -2.42. The summed E-state index contributed by atoms with van der Waals surface area (Å²) in [7, 11) is 0. The van der Waals surface area contributed by atoms with Gasteiger partial charge in [-0.25, -0.2) is 9.78 Å². The Labute approximate surface area is 116 Å². The predicted molar refractivity (Wildman–Crippen MR) is 75.0 cm³/mol. The van der Waals surface area contributed by atoms with E-state index >= 15 is 0 Å². The number of hydrogen-bond acceptors (Lipinski definition) is 6. The van der Waals surface area contributed by atoms with Crippen molar-refractivity contribution in [3.05, 3.63) is 18.6 Å². The van der Waals surface area contributed by atoms with Crippen molar-refractivity contribution in [1.82, 2.24) is 15.3 Å². The molecule has 104 valence electrons. The lowest BCUT2D eigenvalue weighted by Gasteiger charge is -2.21. The number of hydrogen-bond donors (Lipinski definition) is 1. The third-order valence-corrected chi connectivity index (χ3v) is 3.45. The predicted octanol–water partition coefficient (Wildman–Crippen LogP) is 1.84. The van der Waals surface area contributed by atoms with Gasteiger partial charge in [0.25, 0.3) is 0 Å². The summed E-state index contributed by atoms with van der Waals surface area (Å²) >= 11 is 1.57. The van der Waals surface area contributed by atoms with Gasteiger partial charge in [0.05, 0.1) is 18.6 Å². The average Bonchev–Trinajstić information content (AvgIpc) is 2.76. The molecule has 1 saturated heterocycles. The van der Waals surface area contributed by atoms with Gasteiger partial charge in [-0.05, 0) is 20.8 Å². The van der Waals surface area contributed by atoms with Gasteiger partial charge >= 0.3 is 6.09 Å². The topological polar surface area (TPSA) is 67.3 Å². The molecule has 1 aromatic rings. The second kappa shape index (κ2) is 5.64. The van der Waals surface area contributed by atoms with Crippen molar-refractivity contribution in [3.63, 3.8) is 0 Å². The van der Waals surface area contributed by atoms with Crippen LogP contribution in [0.3, 0.4) is 0 Å². The first kappa shape index (κ1) is 13.9. The van der Waals surface area contributed by atoms with Crippen LogP contribution in [0.2, 0.25) is 0 Å². The first-order chi connectivity index (χ1) is 8.94. The van der Waals surface area contributed by atoms with Gasteiger partial charge in [-0.15, -0.1) is 0 Å². The molecule has 1 N–H and O–H groups in total. The van der Waals surface area contributed by atoms with Gasteiger partial charge in [-0.3, -0.25) is 4.98 Å². The van der Waals surface area contributed by atoms with Gasteiger partial charge < -0.3 is 15.0 Å². The second-order valence-electron chi connectivity index (χ2n) is 5.29. The smallest absolute Gasteiger partial charge is 0.408 e. The van der Waals surface area contributed by atoms with Crippen molar-refractivity contribution >= 4 is 23.7 Å². The van der Waals surface area contributed by atoms with Gasteiger partial charge in [0, 0.05) is 17.9 Å². The van der Waals surface area contributed by atoms with E-state index in [1.807, 2.05) is 25.7 Å². The van der Waals surface area contributed by atoms with Crippen LogP contribution in [0.5, 0.6) is 0 Å². The number of thioether (sulfide) groups is 1. The molecule has 19 heavy (non-hydrogen) atoms. The maximum Gasteiger partial charge on any atom is 0.408 e. The van der Waals surface area contributed by atoms with Crippen molar-refractivity contribution in [1.29, 1.82) is 0 Å². The Morgan fingerprint density at radius 3 is 2.95 bits per heavy atom. The van der Waals surface area contributed by atoms with Crippen molar-refractivity contribution in [3.8, 4) is 0 Å². The zero-order valence-electron chi connectivity index (χ0n) is 11.3. The molecule has 0 bridgehead atoms. The highest BCUT2D eigenvalue weighted by molar-refractivity contribution is 8.00. The van der Waals surface area contributed by atoms with Gasteiger partial charge in [0.15, 0.2) is 5.44 Å². The molecule has 7 heteroatoms. The highest BCUT2D eigenvalue weighted by Crippen LogP contribution is 2.27. The van der Waals surface area contributed by atoms with E-state index < -0.39 is 0 Å². The normalized spacial score (nSPS) is 19.3. The fourth-order valence-corrected chi connectivity index (χ4v) is 2.62. The van der Waals surface area contributed by atoms with Crippen LogP contribution in [0.4, 0.5) is 10.6 Å². The van der Waals surface area contributed by atoms with Crippen LogP contribution in [-0.4, -0.2) is 39.5 Å². The molecule has 1 aliphatic rings. The van der Waals surface area contributed by atoms with E-state index in [0.717, 1.165) is 11.7 Å². The van der Waals surface area contributed by atoms with E-state index in [9.17, 15) is 4.79 Å². The third-order valence-electron chi connectivity index (χ3n) is 2.37. The van der Waals surface area contributed by atoms with Crippen LogP contribution in [0.1, 0.15) is 20.8 Å². The van der Waals surface area contributed by atoms with Crippen molar-refractivity contribution < 1.29 is 9.53 Å². The Bertz CT molecular complexity index is 435. The SMILES string of the molecule is CC(C)(C)NC(=O)OC1CN(c2cnccn2)CS1. The maximum atomic E-state index is 11.7. The molecule has 1 unspecified atom stereocenters. The molecule has 2 heterocycles. The quantitative estimate of drug-likeness (QED) is 0.892. The minimum atomic E-state index is -0.383. The van der Waals surface area contributed by atoms with Gasteiger partial charge in [-0.1, -0.05) is 11.8 Å². The number of carbonyl (C=O) groups excluding carboxylic acids is 1. The molecule has 1 aromatic heterocycles. The molecule has 1 aliphatic heterocycles. The van der Waals surface area contributed by atoms with Crippen molar-refractivity contribution in [2.75, 3.05) is 17.3 Å². The van der Waals surface area contributed by atoms with Crippen LogP contribution in [0.25, 0.3) is 0 Å². The number of ether oxygens (including phenoxy) is 1. The molecule has 0 aromatic carbocycles. The lowest BCUT2D eigenvalue weighted by atomic mass is 10.1. The number of nitrogens with one attached hydrogen (secondary N) is 1. The third kappa shape index (κ3) is 4.27. The van der Waals surface area contributed by atoms with E-state index in [0.29, 0.717) is 6.54 Å². The summed E-state index contributed by atoms with van der Waals surface area (Å²) in [5.74, 6) is 1.55. The number of alkyl carbamates (subject to hydrolysis) is 1. The first-order valence-electron chi connectivity index (χ1n) is 6.05. The summed E-state index contributed by atoms with van der Waals surface area (Å²) in [6, 6.07) is 0. The number of nitrogens with zero attached hydrogens (tertiary/aromatic N) is 3. The van der Waals surface area contributed by atoms with Crippen molar-refractivity contribution in [2.24, 2.45) is 0 Å². The van der Waals surface area contributed by atoms with Crippen LogP contribution in [0, 0.1) is 0 Å². The summed E-state index contributed by atoms with van der Waals surface area (Å²) < 4.78 is 5.36. The fourth-order valence-electron chi connectivity index (χ4n) is 1.60. The Balaban J connectivity index is 1.84. The van der Waals surface area contributed by atoms with E-state index in [4.69, 9.17) is 4.74 Å². The molecular formula is C12H18N4O2S. The molecule has 2 rings (SSSR count). The summed E-state index contributed by atoms with van der Waals surface area (Å²) in [4.78, 5) is 22.0. The minimum absolute atomic E-state index is 0.177. The van der Waals surface area contributed by atoms with Gasteiger partial charge in [0.2, 0.25) is 0 Å². The number of amides is 1. The van der Waals surface area contributed by atoms with E-state index in [-0.39, 0.29) is 17.1 Å². The van der Waals surface area contributed by atoms with Gasteiger partial charge in [0.1, 0.15) is 5.82 Å². The maximum absolute atomic E-state index is 11.7. The standard InChI is InChI=1S/C12H18N4O2S/c1-12(2,3)15-11(17)18-10-7-16(8-19-10)9-6-13-4-5-14-9/h4-6,10H,7-8H2,1-3H3,(H,15,17). The molecule has 1 fully saturated rings. The molecule has 0 radical (unpaired) electrons. The summed E-state index contributed by atoms with van der Waals surface area (Å²) in [5, 5.41) is 2.78. The van der Waals surface area contributed by atoms with Crippen LogP contribution < -0.4 is 10.2 Å². The number of anilines is 1.